The van der Waals surface area contributed by atoms with Crippen molar-refractivity contribution >= 4 is 0 Å². The van der Waals surface area contributed by atoms with Crippen molar-refractivity contribution in [1.82, 2.24) is 5.32 Å². The number of nitrogens with one attached hydrogen (secondary N) is 1. The Bertz CT molecular complexity index is 244. The highest BCUT2D eigenvalue weighted by Crippen LogP contribution is 2.39. The molecule has 3 unspecified atom stereocenters. The lowest BCUT2D eigenvalue weighted by Gasteiger charge is -2.37. The van der Waals surface area contributed by atoms with E-state index in [9.17, 15) is 0 Å². The third-order valence-corrected chi connectivity index (χ3v) is 5.31. The Balaban J connectivity index is 1.79. The topological polar surface area (TPSA) is 12.0 Å². The van der Waals surface area contributed by atoms with E-state index in [0.717, 1.165) is 29.7 Å². The summed E-state index contributed by atoms with van der Waals surface area (Å²) in [5, 5.41) is 3.79. The predicted octanol–water partition coefficient (Wildman–Crippen LogP) is 5.01. The van der Waals surface area contributed by atoms with Gasteiger partial charge >= 0.3 is 0 Å². The van der Waals surface area contributed by atoms with Gasteiger partial charge in [0.2, 0.25) is 0 Å². The summed E-state index contributed by atoms with van der Waals surface area (Å²) < 4.78 is 0. The van der Waals surface area contributed by atoms with Crippen LogP contribution in [-0.2, 0) is 0 Å². The average molecular weight is 265 g/mol. The lowest BCUT2D eigenvalue weighted by atomic mass is 9.70. The van der Waals surface area contributed by atoms with Gasteiger partial charge in [0.1, 0.15) is 0 Å². The maximum absolute atomic E-state index is 3.79. The molecule has 3 atom stereocenters. The lowest BCUT2D eigenvalue weighted by Crippen LogP contribution is -2.34. The van der Waals surface area contributed by atoms with E-state index in [1.54, 1.807) is 0 Å². The minimum Gasteiger partial charge on any atom is -0.314 e. The molecule has 2 saturated carbocycles. The van der Waals surface area contributed by atoms with Crippen LogP contribution in [0.4, 0.5) is 0 Å². The third kappa shape index (κ3) is 5.45. The second-order valence-electron chi connectivity index (χ2n) is 7.64. The van der Waals surface area contributed by atoms with Gasteiger partial charge in [0.05, 0.1) is 0 Å². The minimum absolute atomic E-state index is 0.878. The van der Waals surface area contributed by atoms with Gasteiger partial charge in [-0.1, -0.05) is 46.5 Å². The highest BCUT2D eigenvalue weighted by molar-refractivity contribution is 4.86. The Morgan fingerprint density at radius 1 is 1.00 bits per heavy atom. The van der Waals surface area contributed by atoms with Crippen LogP contribution >= 0.6 is 0 Å². The van der Waals surface area contributed by atoms with E-state index in [0.29, 0.717) is 0 Å². The first-order valence-corrected chi connectivity index (χ1v) is 8.92. The SMILES string of the molecule is CCCC1CCC(CNC2CC2)C(CCC(C)C)C1. The van der Waals surface area contributed by atoms with E-state index in [1.165, 1.54) is 64.3 Å². The molecule has 0 spiro atoms. The van der Waals surface area contributed by atoms with Crippen LogP contribution in [0.2, 0.25) is 0 Å². The third-order valence-electron chi connectivity index (χ3n) is 5.31. The first kappa shape index (κ1) is 15.4. The van der Waals surface area contributed by atoms with Crippen molar-refractivity contribution in [2.24, 2.45) is 23.7 Å². The molecule has 2 aliphatic rings. The molecule has 19 heavy (non-hydrogen) atoms. The molecule has 0 bridgehead atoms. The van der Waals surface area contributed by atoms with Crippen molar-refractivity contribution < 1.29 is 0 Å². The van der Waals surface area contributed by atoms with Crippen LogP contribution in [0, 0.1) is 23.7 Å². The summed E-state index contributed by atoms with van der Waals surface area (Å²) >= 11 is 0. The molecule has 1 heteroatoms. The number of hydrogen-bond acceptors (Lipinski definition) is 1. The highest BCUT2D eigenvalue weighted by atomic mass is 14.9. The van der Waals surface area contributed by atoms with Gasteiger partial charge in [0.15, 0.2) is 0 Å². The first-order chi connectivity index (χ1) is 9.19. The Hall–Kier alpha value is -0.0400. The fourth-order valence-electron chi connectivity index (χ4n) is 3.87. The van der Waals surface area contributed by atoms with Gasteiger partial charge in [-0.15, -0.1) is 0 Å². The van der Waals surface area contributed by atoms with E-state index in [1.807, 2.05) is 0 Å². The average Bonchev–Trinajstić information content (AvgIpc) is 3.19. The van der Waals surface area contributed by atoms with Crippen molar-refractivity contribution in [3.8, 4) is 0 Å². The van der Waals surface area contributed by atoms with Crippen molar-refractivity contribution in [2.75, 3.05) is 6.54 Å². The molecule has 0 aromatic rings. The Morgan fingerprint density at radius 3 is 2.42 bits per heavy atom. The van der Waals surface area contributed by atoms with Crippen LogP contribution in [0.5, 0.6) is 0 Å². The van der Waals surface area contributed by atoms with E-state index < -0.39 is 0 Å². The molecule has 2 fully saturated rings. The monoisotopic (exact) mass is 265 g/mol. The van der Waals surface area contributed by atoms with Crippen LogP contribution < -0.4 is 5.32 Å². The van der Waals surface area contributed by atoms with Crippen molar-refractivity contribution in [1.29, 1.82) is 0 Å². The summed E-state index contributed by atoms with van der Waals surface area (Å²) in [6, 6.07) is 0.888. The zero-order valence-corrected chi connectivity index (χ0v) is 13.5. The summed E-state index contributed by atoms with van der Waals surface area (Å²) in [6.45, 7) is 8.42. The van der Waals surface area contributed by atoms with Gasteiger partial charge < -0.3 is 5.32 Å². The molecule has 0 aromatic carbocycles. The largest absolute Gasteiger partial charge is 0.314 e. The molecule has 0 aliphatic heterocycles. The Kier molecular flexibility index (Phi) is 6.19. The minimum atomic E-state index is 0.878. The molecule has 0 aromatic heterocycles. The van der Waals surface area contributed by atoms with Crippen LogP contribution in [0.1, 0.15) is 78.6 Å². The molecule has 0 saturated heterocycles. The van der Waals surface area contributed by atoms with Gasteiger partial charge in [-0.25, -0.2) is 0 Å². The highest BCUT2D eigenvalue weighted by Gasteiger charge is 2.31. The molecular weight excluding hydrogens is 230 g/mol. The molecule has 112 valence electrons. The fourth-order valence-corrected chi connectivity index (χ4v) is 3.87. The van der Waals surface area contributed by atoms with Gasteiger partial charge in [-0.05, 0) is 62.3 Å². The molecule has 2 rings (SSSR count). The molecule has 2 aliphatic carbocycles. The van der Waals surface area contributed by atoms with E-state index in [2.05, 4.69) is 26.1 Å². The van der Waals surface area contributed by atoms with Gasteiger partial charge in [-0.3, -0.25) is 0 Å². The fraction of sp³-hybridized carbons (Fsp3) is 1.00. The van der Waals surface area contributed by atoms with Crippen LogP contribution in [-0.4, -0.2) is 12.6 Å². The van der Waals surface area contributed by atoms with Crippen molar-refractivity contribution in [3.05, 3.63) is 0 Å². The van der Waals surface area contributed by atoms with E-state index >= 15 is 0 Å². The maximum atomic E-state index is 3.79. The Labute approximate surface area is 120 Å². The predicted molar refractivity (Wildman–Crippen MR) is 84.3 cm³/mol. The normalized spacial score (nSPS) is 31.9. The first-order valence-electron chi connectivity index (χ1n) is 8.92. The summed E-state index contributed by atoms with van der Waals surface area (Å²) in [6.07, 6.45) is 13.2. The summed E-state index contributed by atoms with van der Waals surface area (Å²) in [7, 11) is 0. The standard InChI is InChI=1S/C18H35N/c1-4-5-15-7-9-17(13-19-18-10-11-18)16(12-15)8-6-14(2)3/h14-19H,4-13H2,1-3H3. The molecule has 1 nitrogen and oxygen atoms in total. The molecule has 0 radical (unpaired) electrons. The molecule has 0 heterocycles. The summed E-state index contributed by atoms with van der Waals surface area (Å²) in [4.78, 5) is 0. The molecule has 1 N–H and O–H groups in total. The molecule has 0 amide bonds. The van der Waals surface area contributed by atoms with Crippen LogP contribution in [0.25, 0.3) is 0 Å². The summed E-state index contributed by atoms with van der Waals surface area (Å²) in [5.41, 5.74) is 0. The second kappa shape index (κ2) is 7.67. The Morgan fingerprint density at radius 2 is 1.79 bits per heavy atom. The van der Waals surface area contributed by atoms with Crippen LogP contribution in [0.3, 0.4) is 0 Å². The van der Waals surface area contributed by atoms with Gasteiger partial charge in [0.25, 0.3) is 0 Å². The number of rotatable bonds is 8. The van der Waals surface area contributed by atoms with Crippen molar-refractivity contribution in [3.63, 3.8) is 0 Å². The second-order valence-corrected chi connectivity index (χ2v) is 7.64. The van der Waals surface area contributed by atoms with E-state index in [-0.39, 0.29) is 0 Å². The maximum Gasteiger partial charge on any atom is 0.00683 e. The zero-order valence-electron chi connectivity index (χ0n) is 13.5. The van der Waals surface area contributed by atoms with E-state index in [4.69, 9.17) is 0 Å². The van der Waals surface area contributed by atoms with Gasteiger partial charge in [-0.2, -0.15) is 0 Å². The smallest absolute Gasteiger partial charge is 0.00683 e. The summed E-state index contributed by atoms with van der Waals surface area (Å²) in [5.74, 6) is 3.91. The van der Waals surface area contributed by atoms with Crippen molar-refractivity contribution in [2.45, 2.75) is 84.6 Å². The van der Waals surface area contributed by atoms with Gasteiger partial charge in [0, 0.05) is 6.04 Å². The molecular formula is C18H35N. The quantitative estimate of drug-likeness (QED) is 0.650. The zero-order chi connectivity index (χ0) is 13.7. The lowest BCUT2D eigenvalue weighted by molar-refractivity contribution is 0.153. The number of hydrogen-bond donors (Lipinski definition) is 1. The van der Waals surface area contributed by atoms with Crippen LogP contribution in [0.15, 0.2) is 0 Å².